The van der Waals surface area contributed by atoms with Crippen molar-refractivity contribution >= 4 is 33.4 Å². The normalized spacial score (nSPS) is 10.5. The van der Waals surface area contributed by atoms with Gasteiger partial charge in [-0.25, -0.2) is 8.78 Å². The minimum Gasteiger partial charge on any atom is -0.352 e. The van der Waals surface area contributed by atoms with Crippen LogP contribution < -0.4 is 5.32 Å². The maximum atomic E-state index is 13.1. The Balaban J connectivity index is 1.84. The van der Waals surface area contributed by atoms with Gasteiger partial charge in [-0.05, 0) is 41.8 Å². The number of halogens is 4. The van der Waals surface area contributed by atoms with Crippen LogP contribution >= 0.6 is 27.5 Å². The van der Waals surface area contributed by atoms with Crippen molar-refractivity contribution in [3.8, 4) is 0 Å². The van der Waals surface area contributed by atoms with Crippen LogP contribution in [0, 0.1) is 11.6 Å². The lowest BCUT2D eigenvalue weighted by molar-refractivity contribution is -0.121. The summed E-state index contributed by atoms with van der Waals surface area (Å²) in [5.41, 5.74) is 1.39. The lowest BCUT2D eigenvalue weighted by Gasteiger charge is -2.08. The first-order valence-electron chi connectivity index (χ1n) is 6.60. The Morgan fingerprint density at radius 1 is 1.14 bits per heavy atom. The van der Waals surface area contributed by atoms with Crippen LogP contribution in [0.15, 0.2) is 40.9 Å². The molecule has 0 bridgehead atoms. The summed E-state index contributed by atoms with van der Waals surface area (Å²) >= 11 is 9.37. The lowest BCUT2D eigenvalue weighted by Crippen LogP contribution is -2.23. The number of carbonyl (C=O) groups is 1. The van der Waals surface area contributed by atoms with Gasteiger partial charge in [-0.1, -0.05) is 39.7 Å². The molecular formula is C16H13BrClF2NO. The minimum atomic E-state index is -0.903. The van der Waals surface area contributed by atoms with Gasteiger partial charge in [-0.15, -0.1) is 0 Å². The van der Waals surface area contributed by atoms with Crippen LogP contribution in [0.4, 0.5) is 8.78 Å². The van der Waals surface area contributed by atoms with Crippen LogP contribution in [0.2, 0.25) is 5.02 Å². The van der Waals surface area contributed by atoms with Crippen molar-refractivity contribution in [2.45, 2.75) is 19.4 Å². The molecule has 1 N–H and O–H groups in total. The standard InChI is InChI=1S/C16H13BrClF2NO/c17-12-4-3-11(13(18)8-12)9-21-16(22)6-2-10-1-5-14(19)15(20)7-10/h1,3-5,7-8H,2,6,9H2,(H,21,22). The van der Waals surface area contributed by atoms with E-state index in [0.717, 1.165) is 22.2 Å². The SMILES string of the molecule is O=C(CCc1ccc(F)c(F)c1)NCc1ccc(Br)cc1Cl. The predicted octanol–water partition coefficient (Wildman–Crippen LogP) is 4.63. The Morgan fingerprint density at radius 2 is 1.91 bits per heavy atom. The molecule has 0 aromatic heterocycles. The van der Waals surface area contributed by atoms with Crippen LogP contribution in [0.25, 0.3) is 0 Å². The van der Waals surface area contributed by atoms with Gasteiger partial charge in [0.15, 0.2) is 11.6 Å². The molecule has 6 heteroatoms. The van der Waals surface area contributed by atoms with E-state index in [1.165, 1.54) is 6.07 Å². The molecule has 0 spiro atoms. The van der Waals surface area contributed by atoms with Gasteiger partial charge in [0.05, 0.1) is 0 Å². The smallest absolute Gasteiger partial charge is 0.220 e. The Morgan fingerprint density at radius 3 is 2.59 bits per heavy atom. The maximum absolute atomic E-state index is 13.1. The summed E-state index contributed by atoms with van der Waals surface area (Å²) < 4.78 is 26.7. The summed E-state index contributed by atoms with van der Waals surface area (Å²) in [7, 11) is 0. The van der Waals surface area contributed by atoms with Crippen molar-refractivity contribution in [2.75, 3.05) is 0 Å². The molecule has 0 saturated carbocycles. The monoisotopic (exact) mass is 387 g/mol. The summed E-state index contributed by atoms with van der Waals surface area (Å²) in [4.78, 5) is 11.8. The summed E-state index contributed by atoms with van der Waals surface area (Å²) in [5, 5.41) is 3.31. The number of hydrogen-bond acceptors (Lipinski definition) is 1. The van der Waals surface area contributed by atoms with Crippen molar-refractivity contribution in [2.24, 2.45) is 0 Å². The molecule has 0 unspecified atom stereocenters. The van der Waals surface area contributed by atoms with Crippen molar-refractivity contribution in [1.29, 1.82) is 0 Å². The zero-order valence-corrected chi connectivity index (χ0v) is 13.8. The third kappa shape index (κ3) is 4.78. The second kappa shape index (κ2) is 7.70. The molecule has 2 aromatic rings. The van der Waals surface area contributed by atoms with E-state index in [4.69, 9.17) is 11.6 Å². The number of nitrogens with one attached hydrogen (secondary N) is 1. The van der Waals surface area contributed by atoms with Gasteiger partial charge in [-0.2, -0.15) is 0 Å². The van der Waals surface area contributed by atoms with E-state index in [-0.39, 0.29) is 12.3 Å². The lowest BCUT2D eigenvalue weighted by atomic mass is 10.1. The molecule has 1 amide bonds. The van der Waals surface area contributed by atoms with E-state index in [9.17, 15) is 13.6 Å². The van der Waals surface area contributed by atoms with Gasteiger partial charge in [0.1, 0.15) is 0 Å². The van der Waals surface area contributed by atoms with Crippen LogP contribution in [-0.2, 0) is 17.8 Å². The molecule has 116 valence electrons. The quantitative estimate of drug-likeness (QED) is 0.795. The Kier molecular flexibility index (Phi) is 5.91. The van der Waals surface area contributed by atoms with E-state index in [1.807, 2.05) is 12.1 Å². The van der Waals surface area contributed by atoms with Gasteiger partial charge in [0.25, 0.3) is 0 Å². The molecule has 0 aliphatic rings. The molecule has 0 fully saturated rings. The fourth-order valence-electron chi connectivity index (χ4n) is 1.90. The first-order valence-corrected chi connectivity index (χ1v) is 7.77. The van der Waals surface area contributed by atoms with Crippen molar-refractivity contribution in [3.05, 3.63) is 68.7 Å². The van der Waals surface area contributed by atoms with Crippen LogP contribution in [0.1, 0.15) is 17.5 Å². The number of amides is 1. The molecule has 0 aliphatic carbocycles. The van der Waals surface area contributed by atoms with E-state index in [1.54, 1.807) is 6.07 Å². The van der Waals surface area contributed by atoms with Crippen LogP contribution in [0.3, 0.4) is 0 Å². The van der Waals surface area contributed by atoms with Gasteiger partial charge >= 0.3 is 0 Å². The van der Waals surface area contributed by atoms with E-state index < -0.39 is 11.6 Å². The third-order valence-corrected chi connectivity index (χ3v) is 3.96. The number of benzene rings is 2. The van der Waals surface area contributed by atoms with Gasteiger partial charge in [0.2, 0.25) is 5.91 Å². The predicted molar refractivity (Wildman–Crippen MR) is 85.7 cm³/mol. The first kappa shape index (κ1) is 16.9. The molecular weight excluding hydrogens is 376 g/mol. The van der Waals surface area contributed by atoms with Crippen LogP contribution in [-0.4, -0.2) is 5.91 Å². The average molecular weight is 389 g/mol. The maximum Gasteiger partial charge on any atom is 0.220 e. The molecule has 2 rings (SSSR count). The Hall–Kier alpha value is -1.46. The van der Waals surface area contributed by atoms with Gasteiger partial charge in [-0.3, -0.25) is 4.79 Å². The van der Waals surface area contributed by atoms with Gasteiger partial charge in [0, 0.05) is 22.5 Å². The molecule has 2 nitrogen and oxygen atoms in total. The highest BCUT2D eigenvalue weighted by Gasteiger charge is 2.07. The van der Waals surface area contributed by atoms with Crippen molar-refractivity contribution in [3.63, 3.8) is 0 Å². The zero-order chi connectivity index (χ0) is 16.1. The highest BCUT2D eigenvalue weighted by Crippen LogP contribution is 2.21. The molecule has 0 atom stereocenters. The zero-order valence-electron chi connectivity index (χ0n) is 11.5. The minimum absolute atomic E-state index is 0.177. The summed E-state index contributed by atoms with van der Waals surface area (Å²) in [6.45, 7) is 0.322. The number of carbonyl (C=O) groups excluding carboxylic acids is 1. The molecule has 22 heavy (non-hydrogen) atoms. The summed E-state index contributed by atoms with van der Waals surface area (Å²) in [5.74, 6) is -1.97. The number of rotatable bonds is 5. The van der Waals surface area contributed by atoms with E-state index in [2.05, 4.69) is 21.2 Å². The van der Waals surface area contributed by atoms with Crippen LogP contribution in [0.5, 0.6) is 0 Å². The molecule has 0 saturated heterocycles. The van der Waals surface area contributed by atoms with Crippen molar-refractivity contribution in [1.82, 2.24) is 5.32 Å². The fraction of sp³-hybridized carbons (Fsp3) is 0.188. The van der Waals surface area contributed by atoms with Gasteiger partial charge < -0.3 is 5.32 Å². The Bertz CT molecular complexity index is 694. The fourth-order valence-corrected chi connectivity index (χ4v) is 2.64. The van der Waals surface area contributed by atoms with E-state index in [0.29, 0.717) is 23.6 Å². The van der Waals surface area contributed by atoms with E-state index >= 15 is 0 Å². The molecule has 0 heterocycles. The number of aryl methyl sites for hydroxylation is 1. The summed E-state index contributed by atoms with van der Waals surface area (Å²) in [6.07, 6.45) is 0.538. The Labute approximate surface area is 140 Å². The second-order valence-corrected chi connectivity index (χ2v) is 6.08. The first-order chi connectivity index (χ1) is 10.5. The summed E-state index contributed by atoms with van der Waals surface area (Å²) in [6, 6.07) is 9.05. The molecule has 0 aliphatic heterocycles. The highest BCUT2D eigenvalue weighted by molar-refractivity contribution is 9.10. The molecule has 0 radical (unpaired) electrons. The average Bonchev–Trinajstić information content (AvgIpc) is 2.47. The second-order valence-electron chi connectivity index (χ2n) is 4.76. The number of hydrogen-bond donors (Lipinski definition) is 1. The largest absolute Gasteiger partial charge is 0.352 e. The third-order valence-electron chi connectivity index (χ3n) is 3.12. The van der Waals surface area contributed by atoms with Crippen molar-refractivity contribution < 1.29 is 13.6 Å². The highest BCUT2D eigenvalue weighted by atomic mass is 79.9. The molecule has 2 aromatic carbocycles. The topological polar surface area (TPSA) is 29.1 Å².